The molecule has 2 heteroatoms. The number of allylic oxidation sites excluding steroid dienone is 1. The molecule has 0 unspecified atom stereocenters. The summed E-state index contributed by atoms with van der Waals surface area (Å²) >= 11 is 0. The Kier molecular flexibility index (Phi) is 1.91. The van der Waals surface area contributed by atoms with Crippen LogP contribution in [0.4, 0.5) is 0 Å². The molecule has 4 atom stereocenters. The van der Waals surface area contributed by atoms with E-state index in [4.69, 9.17) is 9.47 Å². The fourth-order valence-electron chi connectivity index (χ4n) is 2.92. The molecule has 2 nitrogen and oxygen atoms in total. The summed E-state index contributed by atoms with van der Waals surface area (Å²) in [6.45, 7) is 0.897. The van der Waals surface area contributed by atoms with Gasteiger partial charge >= 0.3 is 0 Å². The van der Waals surface area contributed by atoms with E-state index in [1.807, 2.05) is 0 Å². The SMILES string of the molecule is C1=CC[C@@H]2O[C@@H]3OCCC[C@@H]3[C@H]2C1. The molecule has 0 bridgehead atoms. The minimum absolute atomic E-state index is 0.128. The fourth-order valence-corrected chi connectivity index (χ4v) is 2.92. The second kappa shape index (κ2) is 3.10. The molecule has 0 spiro atoms. The van der Waals surface area contributed by atoms with Crippen molar-refractivity contribution in [3.63, 3.8) is 0 Å². The van der Waals surface area contributed by atoms with Gasteiger partial charge in [-0.1, -0.05) is 12.2 Å². The van der Waals surface area contributed by atoms with Gasteiger partial charge in [-0.3, -0.25) is 0 Å². The van der Waals surface area contributed by atoms with Crippen LogP contribution in [0.2, 0.25) is 0 Å². The molecule has 0 saturated carbocycles. The average Bonchev–Trinajstić information content (AvgIpc) is 2.56. The Morgan fingerprint density at radius 2 is 2.00 bits per heavy atom. The quantitative estimate of drug-likeness (QED) is 0.531. The van der Waals surface area contributed by atoms with E-state index in [2.05, 4.69) is 12.2 Å². The van der Waals surface area contributed by atoms with Crippen molar-refractivity contribution in [1.29, 1.82) is 0 Å². The van der Waals surface area contributed by atoms with Gasteiger partial charge in [0.25, 0.3) is 0 Å². The molecule has 2 saturated heterocycles. The van der Waals surface area contributed by atoms with Crippen molar-refractivity contribution in [1.82, 2.24) is 0 Å². The molecule has 0 amide bonds. The molecule has 2 heterocycles. The molecule has 13 heavy (non-hydrogen) atoms. The minimum Gasteiger partial charge on any atom is -0.352 e. The molecular weight excluding hydrogens is 164 g/mol. The highest BCUT2D eigenvalue weighted by atomic mass is 16.7. The van der Waals surface area contributed by atoms with E-state index in [9.17, 15) is 0 Å². The fraction of sp³-hybridized carbons (Fsp3) is 0.818. The molecular formula is C11H16O2. The van der Waals surface area contributed by atoms with E-state index in [-0.39, 0.29) is 6.29 Å². The Balaban J connectivity index is 1.80. The highest BCUT2D eigenvalue weighted by Crippen LogP contribution is 2.43. The molecule has 3 aliphatic rings. The zero-order valence-electron chi connectivity index (χ0n) is 7.82. The second-order valence-electron chi connectivity index (χ2n) is 4.33. The van der Waals surface area contributed by atoms with Crippen LogP contribution in [0.3, 0.4) is 0 Å². The van der Waals surface area contributed by atoms with E-state index >= 15 is 0 Å². The van der Waals surface area contributed by atoms with Crippen molar-refractivity contribution in [3.05, 3.63) is 12.2 Å². The van der Waals surface area contributed by atoms with Gasteiger partial charge in [0.2, 0.25) is 0 Å². The summed E-state index contributed by atoms with van der Waals surface area (Å²) in [6, 6.07) is 0. The van der Waals surface area contributed by atoms with E-state index in [1.165, 1.54) is 19.3 Å². The van der Waals surface area contributed by atoms with Gasteiger partial charge < -0.3 is 9.47 Å². The first kappa shape index (κ1) is 8.01. The lowest BCUT2D eigenvalue weighted by Gasteiger charge is -2.27. The van der Waals surface area contributed by atoms with E-state index in [1.54, 1.807) is 0 Å². The Bertz CT molecular complexity index is 224. The largest absolute Gasteiger partial charge is 0.352 e. The predicted octanol–water partition coefficient (Wildman–Crippen LogP) is 2.10. The van der Waals surface area contributed by atoms with Crippen LogP contribution in [-0.4, -0.2) is 19.0 Å². The van der Waals surface area contributed by atoms with Crippen LogP contribution in [0.5, 0.6) is 0 Å². The van der Waals surface area contributed by atoms with Gasteiger partial charge in [0.05, 0.1) is 6.10 Å². The van der Waals surface area contributed by atoms with Gasteiger partial charge in [0.1, 0.15) is 0 Å². The maximum atomic E-state index is 5.90. The van der Waals surface area contributed by atoms with E-state index in [0.717, 1.165) is 18.9 Å². The second-order valence-corrected chi connectivity index (χ2v) is 4.33. The first-order valence-electron chi connectivity index (χ1n) is 5.37. The zero-order chi connectivity index (χ0) is 8.67. The zero-order valence-corrected chi connectivity index (χ0v) is 7.82. The lowest BCUT2D eigenvalue weighted by Crippen LogP contribution is -2.29. The summed E-state index contributed by atoms with van der Waals surface area (Å²) in [6.07, 6.45) is 9.97. The molecule has 2 aliphatic heterocycles. The Hall–Kier alpha value is -0.340. The molecule has 0 N–H and O–H groups in total. The molecule has 3 rings (SSSR count). The summed E-state index contributed by atoms with van der Waals surface area (Å²) in [5, 5.41) is 0. The first-order chi connectivity index (χ1) is 6.45. The van der Waals surface area contributed by atoms with Crippen LogP contribution in [0.25, 0.3) is 0 Å². The van der Waals surface area contributed by atoms with Gasteiger partial charge in [0, 0.05) is 12.5 Å². The van der Waals surface area contributed by atoms with Gasteiger partial charge in [-0.2, -0.15) is 0 Å². The maximum absolute atomic E-state index is 5.90. The Morgan fingerprint density at radius 3 is 3.00 bits per heavy atom. The van der Waals surface area contributed by atoms with Crippen molar-refractivity contribution in [2.45, 2.75) is 38.1 Å². The minimum atomic E-state index is 0.128. The molecule has 0 radical (unpaired) electrons. The van der Waals surface area contributed by atoms with Crippen LogP contribution in [0.1, 0.15) is 25.7 Å². The lowest BCUT2D eigenvalue weighted by molar-refractivity contribution is -0.165. The van der Waals surface area contributed by atoms with Gasteiger partial charge in [-0.15, -0.1) is 0 Å². The number of rotatable bonds is 0. The summed E-state index contributed by atoms with van der Waals surface area (Å²) in [7, 11) is 0. The molecule has 0 aromatic rings. The lowest BCUT2D eigenvalue weighted by atomic mass is 9.80. The number of hydrogen-bond acceptors (Lipinski definition) is 2. The standard InChI is InChI=1S/C11H16O2/c1-2-6-10-8(4-1)9-5-3-7-12-11(9)13-10/h1-2,8-11H,3-7H2/t8-,9-,10+,11+/m1/s1. The number of fused-ring (bicyclic) bond motifs is 3. The van der Waals surface area contributed by atoms with Crippen molar-refractivity contribution in [2.75, 3.05) is 6.61 Å². The monoisotopic (exact) mass is 180 g/mol. The molecule has 72 valence electrons. The summed E-state index contributed by atoms with van der Waals surface area (Å²) in [5.74, 6) is 1.43. The first-order valence-corrected chi connectivity index (χ1v) is 5.37. The van der Waals surface area contributed by atoms with Crippen molar-refractivity contribution < 1.29 is 9.47 Å². The van der Waals surface area contributed by atoms with Gasteiger partial charge in [-0.25, -0.2) is 0 Å². The van der Waals surface area contributed by atoms with Crippen LogP contribution in [0, 0.1) is 11.8 Å². The summed E-state index contributed by atoms with van der Waals surface area (Å²) < 4.78 is 11.5. The third-order valence-electron chi connectivity index (χ3n) is 3.59. The van der Waals surface area contributed by atoms with Crippen molar-refractivity contribution in [2.24, 2.45) is 11.8 Å². The van der Waals surface area contributed by atoms with E-state index in [0.29, 0.717) is 12.0 Å². The highest BCUT2D eigenvalue weighted by molar-refractivity contribution is 5.01. The van der Waals surface area contributed by atoms with Crippen molar-refractivity contribution >= 4 is 0 Å². The van der Waals surface area contributed by atoms with Crippen LogP contribution in [-0.2, 0) is 9.47 Å². The van der Waals surface area contributed by atoms with Gasteiger partial charge in [0.15, 0.2) is 6.29 Å². The van der Waals surface area contributed by atoms with Crippen LogP contribution < -0.4 is 0 Å². The highest BCUT2D eigenvalue weighted by Gasteiger charge is 2.45. The molecule has 1 aliphatic carbocycles. The van der Waals surface area contributed by atoms with E-state index < -0.39 is 0 Å². The molecule has 0 aromatic carbocycles. The Morgan fingerprint density at radius 1 is 1.08 bits per heavy atom. The molecule has 0 aromatic heterocycles. The summed E-state index contributed by atoms with van der Waals surface area (Å²) in [5.41, 5.74) is 0. The van der Waals surface area contributed by atoms with Crippen LogP contribution >= 0.6 is 0 Å². The number of hydrogen-bond donors (Lipinski definition) is 0. The topological polar surface area (TPSA) is 18.5 Å². The van der Waals surface area contributed by atoms with Crippen LogP contribution in [0.15, 0.2) is 12.2 Å². The smallest absolute Gasteiger partial charge is 0.161 e. The van der Waals surface area contributed by atoms with Crippen molar-refractivity contribution in [3.8, 4) is 0 Å². The number of ether oxygens (including phenoxy) is 2. The average molecular weight is 180 g/mol. The summed E-state index contributed by atoms with van der Waals surface area (Å²) in [4.78, 5) is 0. The maximum Gasteiger partial charge on any atom is 0.161 e. The van der Waals surface area contributed by atoms with Gasteiger partial charge in [-0.05, 0) is 31.6 Å². The normalized spacial score (nSPS) is 48.6. The Labute approximate surface area is 78.9 Å². The third-order valence-corrected chi connectivity index (χ3v) is 3.59. The molecule has 2 fully saturated rings. The third kappa shape index (κ3) is 1.24. The predicted molar refractivity (Wildman–Crippen MR) is 49.2 cm³/mol.